The number of rotatable bonds is 4. The van der Waals surface area contributed by atoms with Gasteiger partial charge in [0.2, 0.25) is 11.9 Å². The van der Waals surface area contributed by atoms with E-state index in [-0.39, 0.29) is 18.6 Å². The van der Waals surface area contributed by atoms with Crippen molar-refractivity contribution in [3.05, 3.63) is 5.82 Å². The number of aromatic nitrogens is 3. The summed E-state index contributed by atoms with van der Waals surface area (Å²) in [4.78, 5) is 16.4. The molecule has 0 amide bonds. The lowest BCUT2D eigenvalue weighted by Crippen LogP contribution is -2.47. The molecule has 0 spiro atoms. The van der Waals surface area contributed by atoms with Crippen LogP contribution in [0.15, 0.2) is 0 Å². The summed E-state index contributed by atoms with van der Waals surface area (Å²) in [5, 5.41) is 9.33. The Morgan fingerprint density at radius 1 is 1.42 bits per heavy atom. The van der Waals surface area contributed by atoms with Gasteiger partial charge in [-0.3, -0.25) is 4.90 Å². The van der Waals surface area contributed by atoms with Gasteiger partial charge in [-0.15, -0.1) is 0 Å². The number of hydrogen-bond donors (Lipinski definition) is 2. The SMILES string of the molecule is CN(C)c1nc(N)nc(CN2CCOCC2CO)n1. The molecule has 1 aromatic rings. The molecule has 0 radical (unpaired) electrons. The van der Waals surface area contributed by atoms with Gasteiger partial charge in [0.25, 0.3) is 0 Å². The molecule has 1 aliphatic rings. The molecule has 1 aliphatic heterocycles. The Kier molecular flexibility index (Phi) is 4.46. The van der Waals surface area contributed by atoms with Crippen molar-refractivity contribution in [2.75, 3.05) is 51.1 Å². The summed E-state index contributed by atoms with van der Waals surface area (Å²) >= 11 is 0. The highest BCUT2D eigenvalue weighted by atomic mass is 16.5. The van der Waals surface area contributed by atoms with Gasteiger partial charge in [0.05, 0.1) is 32.4 Å². The summed E-state index contributed by atoms with van der Waals surface area (Å²) in [6.45, 7) is 2.51. The summed E-state index contributed by atoms with van der Waals surface area (Å²) in [6, 6.07) is -0.0189. The van der Waals surface area contributed by atoms with Crippen molar-refractivity contribution in [3.8, 4) is 0 Å². The van der Waals surface area contributed by atoms with Crippen molar-refractivity contribution >= 4 is 11.9 Å². The Hall–Kier alpha value is -1.51. The standard InChI is InChI=1S/C11H20N6O2/c1-16(2)11-14-9(13-10(12)15-11)5-17-3-4-19-7-8(17)6-18/h8,18H,3-7H2,1-2H3,(H2,12,13,14,15). The minimum atomic E-state index is -0.0189. The van der Waals surface area contributed by atoms with Gasteiger partial charge in [-0.1, -0.05) is 0 Å². The van der Waals surface area contributed by atoms with Gasteiger partial charge in [-0.2, -0.15) is 15.0 Å². The molecule has 8 heteroatoms. The highest BCUT2D eigenvalue weighted by Gasteiger charge is 2.23. The minimum absolute atomic E-state index is 0.0189. The normalized spacial score (nSPS) is 20.5. The van der Waals surface area contributed by atoms with Crippen LogP contribution in [0.4, 0.5) is 11.9 Å². The summed E-state index contributed by atoms with van der Waals surface area (Å²) in [5.41, 5.74) is 5.69. The molecular weight excluding hydrogens is 248 g/mol. The van der Waals surface area contributed by atoms with Crippen molar-refractivity contribution in [3.63, 3.8) is 0 Å². The van der Waals surface area contributed by atoms with Gasteiger partial charge in [0.15, 0.2) is 0 Å². The van der Waals surface area contributed by atoms with E-state index in [2.05, 4.69) is 19.9 Å². The first-order valence-corrected chi connectivity index (χ1v) is 6.20. The molecule has 1 saturated heterocycles. The van der Waals surface area contributed by atoms with E-state index >= 15 is 0 Å². The lowest BCUT2D eigenvalue weighted by molar-refractivity contribution is -0.0322. The maximum Gasteiger partial charge on any atom is 0.229 e. The lowest BCUT2D eigenvalue weighted by atomic mass is 10.2. The molecule has 19 heavy (non-hydrogen) atoms. The van der Waals surface area contributed by atoms with Gasteiger partial charge < -0.3 is 20.5 Å². The third-order valence-electron chi connectivity index (χ3n) is 2.99. The van der Waals surface area contributed by atoms with Gasteiger partial charge in [0.1, 0.15) is 5.82 Å². The first-order chi connectivity index (χ1) is 9.10. The zero-order valence-electron chi connectivity index (χ0n) is 11.3. The number of ether oxygens (including phenoxy) is 1. The molecule has 2 heterocycles. The third-order valence-corrected chi connectivity index (χ3v) is 2.99. The van der Waals surface area contributed by atoms with Crippen molar-refractivity contribution in [2.45, 2.75) is 12.6 Å². The molecule has 0 bridgehead atoms. The predicted octanol–water partition coefficient (Wildman–Crippen LogP) is -1.29. The molecule has 2 rings (SSSR count). The predicted molar refractivity (Wildman–Crippen MR) is 70.7 cm³/mol. The van der Waals surface area contributed by atoms with Gasteiger partial charge in [-0.05, 0) is 0 Å². The molecule has 3 N–H and O–H groups in total. The summed E-state index contributed by atoms with van der Waals surface area (Å²) in [6.07, 6.45) is 0. The summed E-state index contributed by atoms with van der Waals surface area (Å²) in [5.74, 6) is 1.36. The van der Waals surface area contributed by atoms with E-state index in [0.29, 0.717) is 31.5 Å². The Balaban J connectivity index is 2.13. The molecule has 1 fully saturated rings. The Morgan fingerprint density at radius 3 is 2.89 bits per heavy atom. The third kappa shape index (κ3) is 3.49. The summed E-state index contributed by atoms with van der Waals surface area (Å²) in [7, 11) is 3.70. The smallest absolute Gasteiger partial charge is 0.229 e. The maximum atomic E-state index is 9.33. The van der Waals surface area contributed by atoms with Crippen molar-refractivity contribution in [1.29, 1.82) is 0 Å². The zero-order valence-corrected chi connectivity index (χ0v) is 11.3. The molecule has 1 atom stereocenters. The van der Waals surface area contributed by atoms with Crippen LogP contribution >= 0.6 is 0 Å². The summed E-state index contributed by atoms with van der Waals surface area (Å²) < 4.78 is 5.34. The number of nitrogens with two attached hydrogens (primary N) is 1. The monoisotopic (exact) mass is 268 g/mol. The van der Waals surface area contributed by atoms with Crippen LogP contribution in [0.25, 0.3) is 0 Å². The first-order valence-electron chi connectivity index (χ1n) is 6.20. The number of nitrogen functional groups attached to an aromatic ring is 1. The molecule has 1 unspecified atom stereocenters. The maximum absolute atomic E-state index is 9.33. The second-order valence-corrected chi connectivity index (χ2v) is 4.69. The van der Waals surface area contributed by atoms with E-state index in [1.54, 1.807) is 4.90 Å². The van der Waals surface area contributed by atoms with Crippen LogP contribution in [0.3, 0.4) is 0 Å². The number of morpholine rings is 1. The highest BCUT2D eigenvalue weighted by molar-refractivity contribution is 5.32. The second-order valence-electron chi connectivity index (χ2n) is 4.69. The van der Waals surface area contributed by atoms with Crippen LogP contribution in [-0.4, -0.2) is 71.5 Å². The Bertz CT molecular complexity index is 428. The molecular formula is C11H20N6O2. The van der Waals surface area contributed by atoms with Crippen LogP contribution in [0, 0.1) is 0 Å². The van der Waals surface area contributed by atoms with Gasteiger partial charge >= 0.3 is 0 Å². The van der Waals surface area contributed by atoms with E-state index < -0.39 is 0 Å². The fourth-order valence-electron chi connectivity index (χ4n) is 1.94. The van der Waals surface area contributed by atoms with Gasteiger partial charge in [0, 0.05) is 20.6 Å². The van der Waals surface area contributed by atoms with E-state index in [1.165, 1.54) is 0 Å². The fraction of sp³-hybridized carbons (Fsp3) is 0.727. The van der Waals surface area contributed by atoms with E-state index in [1.807, 2.05) is 14.1 Å². The largest absolute Gasteiger partial charge is 0.395 e. The molecule has 0 aliphatic carbocycles. The number of anilines is 2. The van der Waals surface area contributed by atoms with Crippen LogP contribution in [0.5, 0.6) is 0 Å². The number of hydrogen-bond acceptors (Lipinski definition) is 8. The quantitative estimate of drug-likeness (QED) is 0.696. The Labute approximate surface area is 112 Å². The first kappa shape index (κ1) is 13.9. The van der Waals surface area contributed by atoms with Crippen LogP contribution in [0.1, 0.15) is 5.82 Å². The number of aliphatic hydroxyl groups is 1. The molecule has 0 aromatic carbocycles. The zero-order chi connectivity index (χ0) is 13.8. The van der Waals surface area contributed by atoms with Crippen molar-refractivity contribution < 1.29 is 9.84 Å². The van der Waals surface area contributed by atoms with Crippen LogP contribution in [0.2, 0.25) is 0 Å². The molecule has 106 valence electrons. The van der Waals surface area contributed by atoms with Crippen molar-refractivity contribution in [2.24, 2.45) is 0 Å². The van der Waals surface area contributed by atoms with Crippen LogP contribution < -0.4 is 10.6 Å². The lowest BCUT2D eigenvalue weighted by Gasteiger charge is -2.33. The van der Waals surface area contributed by atoms with E-state index in [9.17, 15) is 5.11 Å². The van der Waals surface area contributed by atoms with Crippen LogP contribution in [-0.2, 0) is 11.3 Å². The van der Waals surface area contributed by atoms with Crippen molar-refractivity contribution in [1.82, 2.24) is 19.9 Å². The van der Waals surface area contributed by atoms with E-state index in [0.717, 1.165) is 6.54 Å². The average molecular weight is 268 g/mol. The molecule has 8 nitrogen and oxygen atoms in total. The number of nitrogens with zero attached hydrogens (tertiary/aromatic N) is 5. The average Bonchev–Trinajstić information content (AvgIpc) is 2.38. The number of aliphatic hydroxyl groups excluding tert-OH is 1. The molecule has 0 saturated carbocycles. The Morgan fingerprint density at radius 2 is 2.21 bits per heavy atom. The molecule has 1 aromatic heterocycles. The van der Waals surface area contributed by atoms with E-state index in [4.69, 9.17) is 10.5 Å². The minimum Gasteiger partial charge on any atom is -0.395 e. The highest BCUT2D eigenvalue weighted by Crippen LogP contribution is 2.12. The fourth-order valence-corrected chi connectivity index (χ4v) is 1.94. The topological polar surface area (TPSA) is 101 Å². The second kappa shape index (κ2) is 6.09. The van der Waals surface area contributed by atoms with Gasteiger partial charge in [-0.25, -0.2) is 0 Å².